The first kappa shape index (κ1) is 40.4. The van der Waals surface area contributed by atoms with E-state index in [-0.39, 0.29) is 59.1 Å². The zero-order chi connectivity index (χ0) is 34.2. The van der Waals surface area contributed by atoms with Gasteiger partial charge in [0.15, 0.2) is 5.76 Å². The minimum Gasteiger partial charge on any atom is -0.493 e. The van der Waals surface area contributed by atoms with Crippen LogP contribution in [0.25, 0.3) is 0 Å². The summed E-state index contributed by atoms with van der Waals surface area (Å²) in [5, 5.41) is 43.2. The highest BCUT2D eigenvalue weighted by Gasteiger charge is 2.69. The molecule has 0 heterocycles. The Morgan fingerprint density at radius 3 is 2.29 bits per heavy atom. The lowest BCUT2D eigenvalue weighted by Crippen LogP contribution is -2.65. The fourth-order valence-corrected chi connectivity index (χ4v) is 9.63. The molecule has 0 amide bonds. The topological polar surface area (TPSA) is 118 Å². The highest BCUT2D eigenvalue weighted by atomic mass is 32.1. The van der Waals surface area contributed by atoms with Crippen LogP contribution in [0, 0.1) is 40.4 Å². The molecule has 0 aromatic carbocycles. The Hall–Kier alpha value is -0.810. The number of aliphatic hydroxyl groups excluding tert-OH is 4. The Morgan fingerprint density at radius 1 is 1.04 bits per heavy atom. The standard InChI is InChI=1S/C32H54O8S.2C2H6/c1-19(20(2)17-33)8-7-9-22-24(34)15-28-30(22,3)13-11-27-31(4)12-10-21(40-29(36)26(37-5)18-39-41)14-23(31)25(35)16-32(27,28)38-6;2*1-2/h14,18-22,24-25,27-29,33-36,41H,7-13,15-17H2,1-6H3;2*1-2H3/b26-18+;;. The normalized spacial score (nSPS) is 39.3. The Morgan fingerprint density at radius 2 is 1.71 bits per heavy atom. The Kier molecular flexibility index (Phi) is 15.7. The van der Waals surface area contributed by atoms with Crippen molar-refractivity contribution in [3.05, 3.63) is 23.7 Å². The second kappa shape index (κ2) is 17.5. The molecule has 0 spiro atoms. The summed E-state index contributed by atoms with van der Waals surface area (Å²) in [5.41, 5.74) is 0.123. The lowest BCUT2D eigenvalue weighted by atomic mass is 9.44. The smallest absolute Gasteiger partial charge is 0.217 e. The van der Waals surface area contributed by atoms with Crippen LogP contribution in [0.1, 0.15) is 113 Å². The third-order valence-corrected chi connectivity index (χ3v) is 12.2. The monoisotopic (exact) mass is 658 g/mol. The maximum absolute atomic E-state index is 11.7. The molecule has 0 aromatic heterocycles. The van der Waals surface area contributed by atoms with Crippen LogP contribution in [0.4, 0.5) is 0 Å². The van der Waals surface area contributed by atoms with Crippen LogP contribution in [-0.2, 0) is 18.4 Å². The molecule has 12 unspecified atom stereocenters. The van der Waals surface area contributed by atoms with Crippen molar-refractivity contribution in [2.45, 2.75) is 143 Å². The molecule has 9 heteroatoms. The maximum Gasteiger partial charge on any atom is 0.217 e. The van der Waals surface area contributed by atoms with Crippen molar-refractivity contribution in [1.29, 1.82) is 0 Å². The van der Waals surface area contributed by atoms with E-state index in [2.05, 4.69) is 44.8 Å². The van der Waals surface area contributed by atoms with Crippen molar-refractivity contribution in [2.24, 2.45) is 40.4 Å². The zero-order valence-corrected chi connectivity index (χ0v) is 30.7. The lowest BCUT2D eigenvalue weighted by molar-refractivity contribution is -0.222. The van der Waals surface area contributed by atoms with E-state index in [0.29, 0.717) is 25.2 Å². The number of methoxy groups -OCH3 is 2. The Bertz CT molecular complexity index is 959. The van der Waals surface area contributed by atoms with Crippen LogP contribution in [0.2, 0.25) is 0 Å². The molecule has 0 aromatic rings. The van der Waals surface area contributed by atoms with Gasteiger partial charge >= 0.3 is 0 Å². The van der Waals surface area contributed by atoms with E-state index in [0.717, 1.165) is 44.1 Å². The highest BCUT2D eigenvalue weighted by Crippen LogP contribution is 2.69. The highest BCUT2D eigenvalue weighted by molar-refractivity contribution is 7.75. The summed E-state index contributed by atoms with van der Waals surface area (Å²) in [6, 6.07) is 0. The van der Waals surface area contributed by atoms with Gasteiger partial charge in [0.1, 0.15) is 6.26 Å². The third kappa shape index (κ3) is 7.92. The molecule has 4 rings (SSSR count). The fourth-order valence-electron chi connectivity index (χ4n) is 9.53. The SMILES string of the molecule is CC.CC.CO/C(=C/OS)C(O)OC1C=C2C(O)CC3(OC)C(CCC4(C)C(CCCC(C)C(C)CO)C(O)CC43)C2(C)CC1. The molecular formula is C36H66O8S. The van der Waals surface area contributed by atoms with E-state index >= 15 is 0 Å². The fraction of sp³-hybridized carbons (Fsp3) is 0.889. The molecule has 0 saturated heterocycles. The summed E-state index contributed by atoms with van der Waals surface area (Å²) in [6.45, 7) is 17.1. The second-order valence-corrected chi connectivity index (χ2v) is 14.2. The molecule has 12 atom stereocenters. The molecule has 4 aliphatic carbocycles. The van der Waals surface area contributed by atoms with Gasteiger partial charge in [-0.25, -0.2) is 0 Å². The van der Waals surface area contributed by atoms with Gasteiger partial charge in [-0.1, -0.05) is 74.3 Å². The van der Waals surface area contributed by atoms with E-state index in [1.54, 1.807) is 7.11 Å². The number of rotatable bonds is 12. The summed E-state index contributed by atoms with van der Waals surface area (Å²) in [6.07, 6.45) is 8.19. The molecular weight excluding hydrogens is 592 g/mol. The van der Waals surface area contributed by atoms with Crippen molar-refractivity contribution < 1.29 is 38.8 Å². The summed E-state index contributed by atoms with van der Waals surface area (Å²) in [5.74, 6) is 1.43. The number of fused-ring (bicyclic) bond motifs is 5. The lowest BCUT2D eigenvalue weighted by Gasteiger charge is -2.64. The van der Waals surface area contributed by atoms with Gasteiger partial charge in [-0.15, -0.1) is 0 Å². The van der Waals surface area contributed by atoms with Crippen LogP contribution in [0.5, 0.6) is 0 Å². The predicted octanol–water partition coefficient (Wildman–Crippen LogP) is 6.82. The second-order valence-electron chi connectivity index (χ2n) is 13.9. The quantitative estimate of drug-likeness (QED) is 0.0510. The third-order valence-electron chi connectivity index (χ3n) is 12.1. The molecule has 4 aliphatic rings. The van der Waals surface area contributed by atoms with Crippen molar-refractivity contribution >= 4 is 12.9 Å². The van der Waals surface area contributed by atoms with Gasteiger partial charge in [0.25, 0.3) is 0 Å². The molecule has 8 nitrogen and oxygen atoms in total. The first-order valence-electron chi connectivity index (χ1n) is 17.5. The van der Waals surface area contributed by atoms with E-state index < -0.39 is 18.0 Å². The maximum atomic E-state index is 11.7. The van der Waals surface area contributed by atoms with Gasteiger partial charge in [-0.2, -0.15) is 0 Å². The zero-order valence-electron chi connectivity index (χ0n) is 29.8. The van der Waals surface area contributed by atoms with E-state index in [9.17, 15) is 20.4 Å². The van der Waals surface area contributed by atoms with Gasteiger partial charge in [0.05, 0.1) is 31.0 Å². The van der Waals surface area contributed by atoms with Crippen molar-refractivity contribution in [3.8, 4) is 0 Å². The summed E-state index contributed by atoms with van der Waals surface area (Å²) in [4.78, 5) is 0. The van der Waals surface area contributed by atoms with Crippen LogP contribution in [-0.4, -0.2) is 71.5 Å². The number of hydrogen-bond acceptors (Lipinski definition) is 9. The van der Waals surface area contributed by atoms with Gasteiger partial charge in [-0.3, -0.25) is 0 Å². The van der Waals surface area contributed by atoms with Crippen molar-refractivity contribution in [3.63, 3.8) is 0 Å². The average molecular weight is 659 g/mol. The number of hydrogen-bond donors (Lipinski definition) is 5. The van der Waals surface area contributed by atoms with Crippen molar-refractivity contribution in [2.75, 3.05) is 20.8 Å². The van der Waals surface area contributed by atoms with E-state index in [4.69, 9.17) is 14.2 Å². The Labute approximate surface area is 279 Å². The molecule has 3 fully saturated rings. The predicted molar refractivity (Wildman–Crippen MR) is 182 cm³/mol. The number of ether oxygens (including phenoxy) is 3. The first-order chi connectivity index (χ1) is 21.4. The van der Waals surface area contributed by atoms with Gasteiger partial charge < -0.3 is 38.8 Å². The molecule has 0 radical (unpaired) electrons. The largest absolute Gasteiger partial charge is 0.493 e. The average Bonchev–Trinajstić information content (AvgIpc) is 3.31. The molecule has 4 N–H and O–H groups in total. The van der Waals surface area contributed by atoms with E-state index in [1.807, 2.05) is 33.8 Å². The summed E-state index contributed by atoms with van der Waals surface area (Å²) in [7, 11) is 3.23. The molecule has 264 valence electrons. The van der Waals surface area contributed by atoms with Crippen LogP contribution >= 0.6 is 12.9 Å². The summed E-state index contributed by atoms with van der Waals surface area (Å²) >= 11 is 3.69. The van der Waals surface area contributed by atoms with Gasteiger partial charge in [-0.05, 0) is 84.5 Å². The first-order valence-corrected chi connectivity index (χ1v) is 17.9. The molecule has 0 bridgehead atoms. The van der Waals surface area contributed by atoms with Gasteiger partial charge in [0.2, 0.25) is 6.29 Å². The number of thiol groups is 1. The Balaban J connectivity index is 0.00000169. The van der Waals surface area contributed by atoms with Crippen LogP contribution < -0.4 is 0 Å². The molecule has 0 aliphatic heterocycles. The van der Waals surface area contributed by atoms with Crippen molar-refractivity contribution in [1.82, 2.24) is 0 Å². The minimum absolute atomic E-state index is 0.0581. The van der Waals surface area contributed by atoms with Gasteiger partial charge in [0, 0.05) is 33.0 Å². The molecule has 3 saturated carbocycles. The van der Waals surface area contributed by atoms with Crippen LogP contribution in [0.15, 0.2) is 23.7 Å². The molecule has 45 heavy (non-hydrogen) atoms. The minimum atomic E-state index is -1.31. The van der Waals surface area contributed by atoms with Crippen LogP contribution in [0.3, 0.4) is 0 Å². The number of aliphatic hydroxyl groups is 4. The van der Waals surface area contributed by atoms with E-state index in [1.165, 1.54) is 13.4 Å². The summed E-state index contributed by atoms with van der Waals surface area (Å²) < 4.78 is 22.3.